The molecule has 0 atom stereocenters. The van der Waals surface area contributed by atoms with Crippen LogP contribution in [0.5, 0.6) is 5.75 Å². The molecule has 122 valence electrons. The number of ether oxygens (including phenoxy) is 1. The Morgan fingerprint density at radius 2 is 1.77 bits per heavy atom. The van der Waals surface area contributed by atoms with E-state index in [4.69, 9.17) is 14.4 Å². The number of benzene rings is 1. The van der Waals surface area contributed by atoms with Gasteiger partial charge >= 0.3 is 0 Å². The molecule has 22 heavy (non-hydrogen) atoms. The molecule has 1 aromatic rings. The highest BCUT2D eigenvalue weighted by atomic mass is 16.6. The van der Waals surface area contributed by atoms with Gasteiger partial charge in [-0.2, -0.15) is 0 Å². The quantitative estimate of drug-likeness (QED) is 0.352. The zero-order chi connectivity index (χ0) is 16.0. The predicted octanol–water partition coefficient (Wildman–Crippen LogP) is 4.02. The molecule has 0 fully saturated rings. The normalized spacial score (nSPS) is 11.7. The van der Waals surface area contributed by atoms with Gasteiger partial charge < -0.3 is 14.4 Å². The van der Waals surface area contributed by atoms with Gasteiger partial charge in [0.2, 0.25) is 0 Å². The van der Waals surface area contributed by atoms with E-state index in [1.54, 1.807) is 6.21 Å². The summed E-state index contributed by atoms with van der Waals surface area (Å²) in [5, 5.41) is 7.99. The lowest BCUT2D eigenvalue weighted by Crippen LogP contribution is -2.04. The highest BCUT2D eigenvalue weighted by molar-refractivity contribution is 6.07. The molecule has 0 bridgehead atoms. The molecule has 0 aliphatic carbocycles. The highest BCUT2D eigenvalue weighted by Gasteiger charge is 2.04. The Bertz CT molecular complexity index is 455. The van der Waals surface area contributed by atoms with Gasteiger partial charge in [-0.3, -0.25) is 0 Å². The van der Waals surface area contributed by atoms with Crippen LogP contribution in [0, 0.1) is 0 Å². The third-order valence-corrected chi connectivity index (χ3v) is 2.82. The number of nitrogens with zero attached hydrogens (tertiary/aromatic N) is 2. The molecule has 0 spiro atoms. The summed E-state index contributed by atoms with van der Waals surface area (Å²) in [6.07, 6.45) is 4.43. The molecule has 5 nitrogen and oxygen atoms in total. The minimum absolute atomic E-state index is 0.532. The van der Waals surface area contributed by atoms with Gasteiger partial charge in [0.25, 0.3) is 0 Å². The second-order valence-corrected chi connectivity index (χ2v) is 4.59. The van der Waals surface area contributed by atoms with E-state index in [0.717, 1.165) is 36.5 Å². The molecule has 0 unspecified atom stereocenters. The van der Waals surface area contributed by atoms with Gasteiger partial charge in [0.15, 0.2) is 0 Å². The van der Waals surface area contributed by atoms with Crippen LogP contribution in [0.15, 0.2) is 34.6 Å². The summed E-state index contributed by atoms with van der Waals surface area (Å²) in [4.78, 5) is 10.1. The molecule has 0 aliphatic heterocycles. The first kappa shape index (κ1) is 18.0. The van der Waals surface area contributed by atoms with Gasteiger partial charge in [0.1, 0.15) is 19.0 Å². The fourth-order valence-electron chi connectivity index (χ4n) is 1.68. The van der Waals surface area contributed by atoms with Crippen molar-refractivity contribution in [3.8, 4) is 5.75 Å². The smallest absolute Gasteiger partial charge is 0.119 e. The standard InChI is InChI=1S/C17H26N2O3/c1-4-7-14-20-16-10-8-15(9-11-16)17(19-22-6-3)12-13-18-21-5-2/h8-11,13H,4-7,12,14H2,1-3H3/b18-13+,19-17-. The number of oxime groups is 2. The van der Waals surface area contributed by atoms with Gasteiger partial charge in [-0.1, -0.05) is 23.7 Å². The van der Waals surface area contributed by atoms with Crippen LogP contribution < -0.4 is 4.74 Å². The van der Waals surface area contributed by atoms with Crippen LogP contribution >= 0.6 is 0 Å². The largest absolute Gasteiger partial charge is 0.494 e. The Balaban J connectivity index is 2.68. The summed E-state index contributed by atoms with van der Waals surface area (Å²) in [5.41, 5.74) is 1.80. The van der Waals surface area contributed by atoms with Crippen LogP contribution in [0.1, 0.15) is 45.6 Å². The van der Waals surface area contributed by atoms with Crippen molar-refractivity contribution in [2.24, 2.45) is 10.3 Å². The van der Waals surface area contributed by atoms with Crippen LogP contribution in [0.4, 0.5) is 0 Å². The summed E-state index contributed by atoms with van der Waals surface area (Å²) >= 11 is 0. The van der Waals surface area contributed by atoms with E-state index in [9.17, 15) is 0 Å². The summed E-state index contributed by atoms with van der Waals surface area (Å²) in [7, 11) is 0. The Kier molecular flexibility index (Phi) is 9.50. The fourth-order valence-corrected chi connectivity index (χ4v) is 1.68. The van der Waals surface area contributed by atoms with Crippen LogP contribution in [-0.2, 0) is 9.68 Å². The Labute approximate surface area is 132 Å². The summed E-state index contributed by atoms with van der Waals surface area (Å²) < 4.78 is 5.66. The SMILES string of the molecule is CCCCOc1ccc(/C(C/C=N/OCC)=N\OCC)cc1. The van der Waals surface area contributed by atoms with Crippen molar-refractivity contribution in [3.05, 3.63) is 29.8 Å². The van der Waals surface area contributed by atoms with E-state index in [1.165, 1.54) is 0 Å². The van der Waals surface area contributed by atoms with Gasteiger partial charge in [-0.25, -0.2) is 0 Å². The maximum absolute atomic E-state index is 5.66. The first-order valence-corrected chi connectivity index (χ1v) is 7.87. The lowest BCUT2D eigenvalue weighted by Gasteiger charge is -2.07. The maximum atomic E-state index is 5.66. The Morgan fingerprint density at radius 1 is 1.05 bits per heavy atom. The van der Waals surface area contributed by atoms with Crippen molar-refractivity contribution in [2.75, 3.05) is 19.8 Å². The van der Waals surface area contributed by atoms with Crippen molar-refractivity contribution in [1.29, 1.82) is 0 Å². The van der Waals surface area contributed by atoms with E-state index in [2.05, 4.69) is 17.2 Å². The number of unbranched alkanes of at least 4 members (excludes halogenated alkanes) is 1. The van der Waals surface area contributed by atoms with Crippen molar-refractivity contribution >= 4 is 11.9 Å². The number of rotatable bonds is 11. The van der Waals surface area contributed by atoms with E-state index < -0.39 is 0 Å². The minimum Gasteiger partial charge on any atom is -0.494 e. The summed E-state index contributed by atoms with van der Waals surface area (Å²) in [6.45, 7) is 7.77. The van der Waals surface area contributed by atoms with Gasteiger partial charge in [0.05, 0.1) is 12.3 Å². The molecule has 0 aromatic heterocycles. The van der Waals surface area contributed by atoms with Crippen LogP contribution in [0.25, 0.3) is 0 Å². The topological polar surface area (TPSA) is 52.4 Å². The van der Waals surface area contributed by atoms with Gasteiger partial charge in [-0.05, 0) is 50.1 Å². The lowest BCUT2D eigenvalue weighted by molar-refractivity contribution is 0.157. The third kappa shape index (κ3) is 7.11. The molecule has 0 saturated carbocycles. The zero-order valence-electron chi connectivity index (χ0n) is 13.7. The molecule has 0 heterocycles. The van der Waals surface area contributed by atoms with E-state index >= 15 is 0 Å². The van der Waals surface area contributed by atoms with Gasteiger partial charge in [0, 0.05) is 12.6 Å². The number of hydrogen-bond acceptors (Lipinski definition) is 5. The average molecular weight is 306 g/mol. The van der Waals surface area contributed by atoms with Gasteiger partial charge in [-0.15, -0.1) is 0 Å². The molecule has 1 rings (SSSR count). The van der Waals surface area contributed by atoms with E-state index in [1.807, 2.05) is 38.1 Å². The van der Waals surface area contributed by atoms with Crippen LogP contribution in [0.2, 0.25) is 0 Å². The second kappa shape index (κ2) is 11.6. The maximum Gasteiger partial charge on any atom is 0.119 e. The fraction of sp³-hybridized carbons (Fsp3) is 0.529. The van der Waals surface area contributed by atoms with Crippen molar-refractivity contribution < 1.29 is 14.4 Å². The van der Waals surface area contributed by atoms with Crippen molar-refractivity contribution in [2.45, 2.75) is 40.0 Å². The molecule has 0 amide bonds. The molecule has 5 heteroatoms. The molecule has 1 aromatic carbocycles. The third-order valence-electron chi connectivity index (χ3n) is 2.82. The second-order valence-electron chi connectivity index (χ2n) is 4.59. The highest BCUT2D eigenvalue weighted by Crippen LogP contribution is 2.14. The van der Waals surface area contributed by atoms with E-state index in [0.29, 0.717) is 19.6 Å². The average Bonchev–Trinajstić information content (AvgIpc) is 2.55. The van der Waals surface area contributed by atoms with Crippen LogP contribution in [-0.4, -0.2) is 31.7 Å². The number of hydrogen-bond donors (Lipinski definition) is 0. The Hall–Kier alpha value is -2.04. The first-order chi connectivity index (χ1) is 10.8. The zero-order valence-corrected chi connectivity index (χ0v) is 13.7. The monoisotopic (exact) mass is 306 g/mol. The molecule has 0 saturated heterocycles. The minimum atomic E-state index is 0.532. The molecular weight excluding hydrogens is 280 g/mol. The van der Waals surface area contributed by atoms with E-state index in [-0.39, 0.29) is 0 Å². The predicted molar refractivity (Wildman–Crippen MR) is 89.7 cm³/mol. The molecule has 0 aliphatic rings. The molecular formula is C17H26N2O3. The molecule has 0 radical (unpaired) electrons. The summed E-state index contributed by atoms with van der Waals surface area (Å²) in [6, 6.07) is 7.86. The Morgan fingerprint density at radius 3 is 2.41 bits per heavy atom. The first-order valence-electron chi connectivity index (χ1n) is 7.87. The lowest BCUT2D eigenvalue weighted by atomic mass is 10.1. The molecule has 0 N–H and O–H groups in total. The summed E-state index contributed by atoms with van der Waals surface area (Å²) in [5.74, 6) is 0.871. The van der Waals surface area contributed by atoms with Crippen molar-refractivity contribution in [3.63, 3.8) is 0 Å². The van der Waals surface area contributed by atoms with Crippen molar-refractivity contribution in [1.82, 2.24) is 0 Å². The van der Waals surface area contributed by atoms with Crippen LogP contribution in [0.3, 0.4) is 0 Å².